The molecule has 0 fully saturated rings. The number of aromatic nitrogens is 1. The van der Waals surface area contributed by atoms with Crippen molar-refractivity contribution < 1.29 is 13.2 Å². The van der Waals surface area contributed by atoms with E-state index < -0.39 is 10.0 Å². The molecule has 0 aliphatic carbocycles. The fraction of sp³-hybridized carbons (Fsp3) is 0.100. The van der Waals surface area contributed by atoms with Crippen LogP contribution in [0.4, 0.5) is 5.69 Å². The summed E-state index contributed by atoms with van der Waals surface area (Å²) in [7, 11) is -1.89. The number of carbonyl (C=O) groups is 1. The van der Waals surface area contributed by atoms with Crippen LogP contribution in [0.2, 0.25) is 0 Å². The van der Waals surface area contributed by atoms with E-state index in [4.69, 9.17) is 0 Å². The van der Waals surface area contributed by atoms with Crippen LogP contribution < -0.4 is 9.62 Å². The topological polar surface area (TPSA) is 79.4 Å². The van der Waals surface area contributed by atoms with Crippen molar-refractivity contribution in [2.24, 2.45) is 0 Å². The first-order valence-corrected chi connectivity index (χ1v) is 11.0. The molecule has 0 radical (unpaired) electrons. The van der Waals surface area contributed by atoms with Crippen LogP contribution in [-0.4, -0.2) is 26.4 Å². The zero-order valence-corrected chi connectivity index (χ0v) is 18.0. The zero-order valence-electron chi connectivity index (χ0n) is 15.0. The first kappa shape index (κ1) is 20.4. The minimum Gasteiger partial charge on any atom is -0.311 e. The standard InChI is InChI=1S/C20H18IN3O3S/c1-24(18-10-12-22-13-11-18)20(25)16-4-2-15(3-5-16)14-23-28(26,27)19-8-6-17(21)7-9-19/h2-13,23H,14H2,1H3. The molecule has 1 N–H and O–H groups in total. The number of anilines is 1. The Morgan fingerprint density at radius 1 is 1.00 bits per heavy atom. The lowest BCUT2D eigenvalue weighted by atomic mass is 10.1. The average molecular weight is 507 g/mol. The highest BCUT2D eigenvalue weighted by atomic mass is 127. The van der Waals surface area contributed by atoms with E-state index in [1.807, 2.05) is 0 Å². The third-order valence-corrected chi connectivity index (χ3v) is 6.28. The van der Waals surface area contributed by atoms with Crippen LogP contribution in [0.25, 0.3) is 0 Å². The molecule has 1 heterocycles. The van der Waals surface area contributed by atoms with Gasteiger partial charge in [0.05, 0.1) is 4.90 Å². The predicted octanol–water partition coefficient (Wildman–Crippen LogP) is 3.44. The highest BCUT2D eigenvalue weighted by Gasteiger charge is 2.15. The van der Waals surface area contributed by atoms with Crippen LogP contribution in [0.1, 0.15) is 15.9 Å². The molecule has 0 saturated carbocycles. The summed E-state index contributed by atoms with van der Waals surface area (Å²) in [5.74, 6) is -0.155. The lowest BCUT2D eigenvalue weighted by molar-refractivity contribution is 0.0993. The van der Waals surface area contributed by atoms with E-state index in [0.717, 1.165) is 14.8 Å². The van der Waals surface area contributed by atoms with Gasteiger partial charge >= 0.3 is 0 Å². The van der Waals surface area contributed by atoms with E-state index in [1.165, 1.54) is 4.90 Å². The fourth-order valence-corrected chi connectivity index (χ4v) is 3.90. The molecule has 0 saturated heterocycles. The molecular formula is C20H18IN3O3S. The third-order valence-electron chi connectivity index (χ3n) is 4.15. The largest absolute Gasteiger partial charge is 0.311 e. The molecule has 1 amide bonds. The SMILES string of the molecule is CN(C(=O)c1ccc(CNS(=O)(=O)c2ccc(I)cc2)cc1)c1ccncc1. The summed E-state index contributed by atoms with van der Waals surface area (Å²) in [6.45, 7) is 0.142. The molecule has 8 heteroatoms. The van der Waals surface area contributed by atoms with Gasteiger partial charge in [0.15, 0.2) is 0 Å². The number of sulfonamides is 1. The van der Waals surface area contributed by atoms with Gasteiger partial charge in [0.2, 0.25) is 10.0 Å². The Morgan fingerprint density at radius 3 is 2.21 bits per heavy atom. The minimum atomic E-state index is -3.59. The number of rotatable bonds is 6. The number of amides is 1. The molecule has 0 spiro atoms. The number of carbonyl (C=O) groups excluding carboxylic acids is 1. The zero-order chi connectivity index (χ0) is 20.1. The second-order valence-corrected chi connectivity index (χ2v) is 9.06. The second-order valence-electron chi connectivity index (χ2n) is 6.04. The molecule has 0 aliphatic rings. The Kier molecular flexibility index (Phi) is 6.42. The summed E-state index contributed by atoms with van der Waals surface area (Å²) in [5, 5.41) is 0. The van der Waals surface area contributed by atoms with Gasteiger partial charge in [-0.15, -0.1) is 0 Å². The number of nitrogens with zero attached hydrogens (tertiary/aromatic N) is 2. The van der Waals surface area contributed by atoms with E-state index >= 15 is 0 Å². The number of hydrogen-bond donors (Lipinski definition) is 1. The van der Waals surface area contributed by atoms with E-state index in [-0.39, 0.29) is 17.3 Å². The molecule has 2 aromatic carbocycles. The van der Waals surface area contributed by atoms with Gasteiger partial charge in [0, 0.05) is 40.8 Å². The van der Waals surface area contributed by atoms with Crippen LogP contribution in [0.5, 0.6) is 0 Å². The highest BCUT2D eigenvalue weighted by molar-refractivity contribution is 14.1. The van der Waals surface area contributed by atoms with Gasteiger partial charge in [0.1, 0.15) is 0 Å². The molecule has 144 valence electrons. The molecule has 3 aromatic rings. The number of hydrogen-bond acceptors (Lipinski definition) is 4. The van der Waals surface area contributed by atoms with Crippen LogP contribution in [0.3, 0.4) is 0 Å². The Bertz CT molecular complexity index is 1050. The van der Waals surface area contributed by atoms with E-state index in [1.54, 1.807) is 80.1 Å². The number of pyridine rings is 1. The summed E-state index contributed by atoms with van der Waals surface area (Å²) in [6, 6.07) is 17.0. The lowest BCUT2D eigenvalue weighted by Gasteiger charge is -2.17. The van der Waals surface area contributed by atoms with Crippen LogP contribution in [0.15, 0.2) is 78.0 Å². The van der Waals surface area contributed by atoms with Crippen molar-refractivity contribution in [3.05, 3.63) is 87.8 Å². The summed E-state index contributed by atoms with van der Waals surface area (Å²) in [6.07, 6.45) is 3.25. The summed E-state index contributed by atoms with van der Waals surface area (Å²) >= 11 is 2.12. The van der Waals surface area contributed by atoms with Crippen molar-refractivity contribution in [3.8, 4) is 0 Å². The van der Waals surface area contributed by atoms with Gasteiger partial charge in [-0.1, -0.05) is 12.1 Å². The molecule has 0 aliphatic heterocycles. The molecule has 0 unspecified atom stereocenters. The Balaban J connectivity index is 1.66. The molecule has 6 nitrogen and oxygen atoms in total. The smallest absolute Gasteiger partial charge is 0.258 e. The third kappa shape index (κ3) is 4.94. The van der Waals surface area contributed by atoms with Crippen molar-refractivity contribution in [1.82, 2.24) is 9.71 Å². The average Bonchev–Trinajstić information content (AvgIpc) is 2.72. The molecule has 28 heavy (non-hydrogen) atoms. The first-order valence-electron chi connectivity index (χ1n) is 8.39. The van der Waals surface area contributed by atoms with Crippen LogP contribution in [-0.2, 0) is 16.6 Å². The molecular weight excluding hydrogens is 489 g/mol. The van der Waals surface area contributed by atoms with E-state index in [0.29, 0.717) is 5.56 Å². The van der Waals surface area contributed by atoms with Crippen molar-refractivity contribution in [2.75, 3.05) is 11.9 Å². The summed E-state index contributed by atoms with van der Waals surface area (Å²) in [5.41, 5.74) is 2.02. The lowest BCUT2D eigenvalue weighted by Crippen LogP contribution is -2.26. The summed E-state index contributed by atoms with van der Waals surface area (Å²) < 4.78 is 28.3. The number of halogens is 1. The van der Waals surface area contributed by atoms with E-state index in [9.17, 15) is 13.2 Å². The van der Waals surface area contributed by atoms with Crippen LogP contribution in [0, 0.1) is 3.57 Å². The maximum Gasteiger partial charge on any atom is 0.258 e. The van der Waals surface area contributed by atoms with Crippen molar-refractivity contribution in [1.29, 1.82) is 0 Å². The van der Waals surface area contributed by atoms with Crippen LogP contribution >= 0.6 is 22.6 Å². The summed E-state index contributed by atoms with van der Waals surface area (Å²) in [4.78, 5) is 18.3. The van der Waals surface area contributed by atoms with Crippen molar-refractivity contribution in [3.63, 3.8) is 0 Å². The molecule has 3 rings (SSSR count). The number of benzene rings is 2. The Hall–Kier alpha value is -2.30. The highest BCUT2D eigenvalue weighted by Crippen LogP contribution is 2.16. The monoisotopic (exact) mass is 507 g/mol. The Morgan fingerprint density at radius 2 is 1.61 bits per heavy atom. The molecule has 0 bridgehead atoms. The normalized spacial score (nSPS) is 11.2. The van der Waals surface area contributed by atoms with Crippen molar-refractivity contribution in [2.45, 2.75) is 11.4 Å². The second kappa shape index (κ2) is 8.80. The molecule has 0 atom stereocenters. The maximum atomic E-state index is 12.6. The van der Waals surface area contributed by atoms with Gasteiger partial charge < -0.3 is 4.90 Å². The minimum absolute atomic E-state index is 0.142. The Labute approximate surface area is 177 Å². The van der Waals surface area contributed by atoms with Gasteiger partial charge in [-0.3, -0.25) is 9.78 Å². The van der Waals surface area contributed by atoms with Gasteiger partial charge in [-0.2, -0.15) is 0 Å². The quantitative estimate of drug-likeness (QED) is 0.519. The van der Waals surface area contributed by atoms with Gasteiger partial charge in [0.25, 0.3) is 5.91 Å². The number of nitrogens with one attached hydrogen (secondary N) is 1. The van der Waals surface area contributed by atoms with E-state index in [2.05, 4.69) is 32.3 Å². The maximum absolute atomic E-state index is 12.6. The fourth-order valence-electron chi connectivity index (χ4n) is 2.52. The predicted molar refractivity (Wildman–Crippen MR) is 117 cm³/mol. The van der Waals surface area contributed by atoms with Gasteiger partial charge in [-0.25, -0.2) is 13.1 Å². The van der Waals surface area contributed by atoms with Gasteiger partial charge in [-0.05, 0) is 76.7 Å². The first-order chi connectivity index (χ1) is 13.4. The molecule has 1 aromatic heterocycles. The van der Waals surface area contributed by atoms with Crippen molar-refractivity contribution >= 4 is 44.2 Å².